The Bertz CT molecular complexity index is 1000. The summed E-state index contributed by atoms with van der Waals surface area (Å²) in [6.07, 6.45) is -0.920. The minimum atomic E-state index is -2.84. The lowest BCUT2D eigenvalue weighted by Gasteiger charge is -2.09. The number of carbonyl (C=O) groups excluding carboxylic acids is 1. The number of rotatable bonds is 4. The van der Waals surface area contributed by atoms with Crippen LogP contribution >= 0.6 is 22.9 Å². The van der Waals surface area contributed by atoms with E-state index in [0.29, 0.717) is 14.5 Å². The normalized spacial score (nSPS) is 16.1. The summed E-state index contributed by atoms with van der Waals surface area (Å²) in [5.41, 5.74) is -0.786. The Balaban J connectivity index is 1.77. The highest BCUT2D eigenvalue weighted by atomic mass is 35.5. The Morgan fingerprint density at radius 2 is 2.25 bits per heavy atom. The van der Waals surface area contributed by atoms with Gasteiger partial charge in [-0.15, -0.1) is 11.3 Å². The molecule has 1 atom stereocenters. The topological polar surface area (TPSA) is 63.1 Å². The molecule has 0 saturated carbocycles. The number of hydrogen-bond donors (Lipinski definition) is 2. The summed E-state index contributed by atoms with van der Waals surface area (Å²) in [6, 6.07) is 2.30. The number of thiophene rings is 1. The zero-order valence-electron chi connectivity index (χ0n) is 14.4. The van der Waals surface area contributed by atoms with Crippen molar-refractivity contribution in [3.8, 4) is 11.8 Å². The van der Waals surface area contributed by atoms with Gasteiger partial charge in [0, 0.05) is 24.7 Å². The Hall–Kier alpha value is -2.28. The van der Waals surface area contributed by atoms with Crippen molar-refractivity contribution >= 4 is 34.5 Å². The van der Waals surface area contributed by atoms with Gasteiger partial charge in [-0.1, -0.05) is 23.4 Å². The van der Waals surface area contributed by atoms with Crippen molar-refractivity contribution in [3.63, 3.8) is 0 Å². The second kappa shape index (κ2) is 8.82. The van der Waals surface area contributed by atoms with Gasteiger partial charge in [0.25, 0.3) is 17.9 Å². The van der Waals surface area contributed by atoms with E-state index in [0.717, 1.165) is 43.1 Å². The van der Waals surface area contributed by atoms with E-state index < -0.39 is 30.3 Å². The number of nitrogens with zero attached hydrogens (tertiary/aromatic N) is 1. The molecule has 1 unspecified atom stereocenters. The summed E-state index contributed by atoms with van der Waals surface area (Å²) in [5, 5.41) is 5.59. The third-order valence-corrected chi connectivity index (χ3v) is 5.37. The predicted octanol–water partition coefficient (Wildman–Crippen LogP) is 3.18. The molecule has 1 aliphatic rings. The molecule has 0 aromatic carbocycles. The van der Waals surface area contributed by atoms with Gasteiger partial charge in [0.2, 0.25) is 0 Å². The summed E-state index contributed by atoms with van der Waals surface area (Å²) >= 11 is 7.14. The van der Waals surface area contributed by atoms with Gasteiger partial charge in [0.1, 0.15) is 4.34 Å². The predicted molar refractivity (Wildman–Crippen MR) is 102 cm³/mol. The quantitative estimate of drug-likeness (QED) is 0.734. The zero-order chi connectivity index (χ0) is 20.3. The van der Waals surface area contributed by atoms with Crippen molar-refractivity contribution in [2.45, 2.75) is 19.4 Å². The van der Waals surface area contributed by atoms with Crippen molar-refractivity contribution in [1.29, 1.82) is 0 Å². The molecule has 2 aromatic heterocycles. The van der Waals surface area contributed by atoms with Crippen LogP contribution in [0.2, 0.25) is 4.34 Å². The summed E-state index contributed by atoms with van der Waals surface area (Å²) in [5.74, 6) is 4.45. The van der Waals surface area contributed by atoms with Crippen LogP contribution in [0.4, 0.5) is 18.9 Å². The molecule has 2 N–H and O–H groups in total. The fourth-order valence-corrected chi connectivity index (χ4v) is 3.75. The molecule has 28 heavy (non-hydrogen) atoms. The molecule has 1 fully saturated rings. The first-order valence-electron chi connectivity index (χ1n) is 8.34. The van der Waals surface area contributed by atoms with Gasteiger partial charge in [0.15, 0.2) is 5.82 Å². The number of anilines is 1. The van der Waals surface area contributed by atoms with Crippen molar-refractivity contribution < 1.29 is 18.0 Å². The highest BCUT2D eigenvalue weighted by Gasteiger charge is 2.16. The lowest BCUT2D eigenvalue weighted by molar-refractivity contribution is 0.103. The number of halogens is 4. The van der Waals surface area contributed by atoms with Crippen LogP contribution < -0.4 is 16.2 Å². The summed E-state index contributed by atoms with van der Waals surface area (Å²) in [6.45, 7) is 0.747. The first kappa shape index (κ1) is 20.5. The van der Waals surface area contributed by atoms with Crippen molar-refractivity contribution in [2.75, 3.05) is 18.4 Å². The molecule has 148 valence electrons. The summed E-state index contributed by atoms with van der Waals surface area (Å²) in [4.78, 5) is 24.2. The molecule has 3 rings (SSSR count). The van der Waals surface area contributed by atoms with E-state index in [9.17, 15) is 22.8 Å². The number of amides is 1. The third kappa shape index (κ3) is 4.95. The molecule has 0 radical (unpaired) electrons. The fraction of sp³-hybridized carbons (Fsp3) is 0.333. The smallest absolute Gasteiger partial charge is 0.286 e. The lowest BCUT2D eigenvalue weighted by atomic mass is 10.1. The summed E-state index contributed by atoms with van der Waals surface area (Å²) in [7, 11) is 0. The lowest BCUT2D eigenvalue weighted by Crippen LogP contribution is -2.26. The molecule has 0 bridgehead atoms. The first-order valence-corrected chi connectivity index (χ1v) is 9.54. The van der Waals surface area contributed by atoms with Crippen LogP contribution in [0.3, 0.4) is 0 Å². The van der Waals surface area contributed by atoms with Crippen molar-refractivity contribution in [2.24, 2.45) is 5.92 Å². The Morgan fingerprint density at radius 3 is 2.93 bits per heavy atom. The summed E-state index contributed by atoms with van der Waals surface area (Å²) < 4.78 is 39.6. The maximum atomic E-state index is 13.7. The minimum Gasteiger partial charge on any atom is -0.320 e. The van der Waals surface area contributed by atoms with E-state index in [4.69, 9.17) is 11.6 Å². The first-order chi connectivity index (χ1) is 13.3. The standard InChI is InChI=1S/C18H15ClF3N3O2S/c19-16-11(2-1-10-3-4-23-7-10)5-14(28-16)17(26)24-12-6-13(20)18(27)25(8-12)9-15(21)22/h5-6,8,10,15,23H,3-4,7,9H2,(H,24,26). The van der Waals surface area contributed by atoms with Crippen LogP contribution in [-0.2, 0) is 6.54 Å². The molecular weight excluding hydrogens is 415 g/mol. The molecule has 0 spiro atoms. The van der Waals surface area contributed by atoms with Crippen LogP contribution in [0.5, 0.6) is 0 Å². The van der Waals surface area contributed by atoms with Gasteiger partial charge >= 0.3 is 0 Å². The van der Waals surface area contributed by atoms with Crippen LogP contribution in [0.25, 0.3) is 0 Å². The second-order valence-electron chi connectivity index (χ2n) is 6.14. The van der Waals surface area contributed by atoms with Crippen LogP contribution in [0, 0.1) is 23.6 Å². The van der Waals surface area contributed by atoms with Gasteiger partial charge in [-0.2, -0.15) is 0 Å². The maximum absolute atomic E-state index is 13.7. The van der Waals surface area contributed by atoms with Gasteiger partial charge in [0.05, 0.1) is 22.7 Å². The highest BCUT2D eigenvalue weighted by Crippen LogP contribution is 2.28. The number of pyridine rings is 1. The molecular formula is C18H15ClF3N3O2S. The van der Waals surface area contributed by atoms with Crippen LogP contribution in [-0.4, -0.2) is 30.0 Å². The molecule has 3 heterocycles. The molecule has 2 aromatic rings. The third-order valence-electron chi connectivity index (χ3n) is 4.02. The molecule has 10 heteroatoms. The molecule has 1 aliphatic heterocycles. The minimum absolute atomic E-state index is 0.114. The number of hydrogen-bond acceptors (Lipinski definition) is 4. The average molecular weight is 430 g/mol. The molecule has 1 saturated heterocycles. The SMILES string of the molecule is O=C(Nc1cc(F)c(=O)n(CC(F)F)c1)c1cc(C#CC2CCNC2)c(Cl)s1. The Kier molecular flexibility index (Phi) is 6.44. The number of alkyl halides is 2. The zero-order valence-corrected chi connectivity index (χ0v) is 16.0. The van der Waals surface area contributed by atoms with Gasteiger partial charge in [-0.3, -0.25) is 9.59 Å². The van der Waals surface area contributed by atoms with E-state index in [1.165, 1.54) is 6.07 Å². The average Bonchev–Trinajstić information content (AvgIpc) is 3.26. The molecule has 1 amide bonds. The van der Waals surface area contributed by atoms with E-state index in [-0.39, 0.29) is 16.5 Å². The van der Waals surface area contributed by atoms with Crippen LogP contribution in [0.15, 0.2) is 23.1 Å². The van der Waals surface area contributed by atoms with Gasteiger partial charge < -0.3 is 15.2 Å². The van der Waals surface area contributed by atoms with Gasteiger partial charge in [-0.25, -0.2) is 13.2 Å². The number of aromatic nitrogens is 1. The van der Waals surface area contributed by atoms with E-state index in [2.05, 4.69) is 22.5 Å². The highest BCUT2D eigenvalue weighted by molar-refractivity contribution is 7.18. The maximum Gasteiger partial charge on any atom is 0.286 e. The van der Waals surface area contributed by atoms with E-state index >= 15 is 0 Å². The van der Waals surface area contributed by atoms with Crippen molar-refractivity contribution in [1.82, 2.24) is 9.88 Å². The van der Waals surface area contributed by atoms with E-state index in [1.807, 2.05) is 0 Å². The van der Waals surface area contributed by atoms with E-state index in [1.54, 1.807) is 0 Å². The Morgan fingerprint density at radius 1 is 1.46 bits per heavy atom. The fourth-order valence-electron chi connectivity index (χ4n) is 2.67. The van der Waals surface area contributed by atoms with Gasteiger partial charge in [-0.05, 0) is 19.0 Å². The van der Waals surface area contributed by atoms with Crippen LogP contribution in [0.1, 0.15) is 21.7 Å². The molecule has 0 aliphatic carbocycles. The Labute approximate surface area is 167 Å². The second-order valence-corrected chi connectivity index (χ2v) is 7.79. The monoisotopic (exact) mass is 429 g/mol. The number of carbonyl (C=O) groups is 1. The molecule has 5 nitrogen and oxygen atoms in total. The number of nitrogens with one attached hydrogen (secondary N) is 2. The van der Waals surface area contributed by atoms with Crippen molar-refractivity contribution in [3.05, 3.63) is 49.3 Å². The largest absolute Gasteiger partial charge is 0.320 e.